The number of benzene rings is 2. The van der Waals surface area contributed by atoms with E-state index >= 15 is 0 Å². The van der Waals surface area contributed by atoms with Gasteiger partial charge in [0.1, 0.15) is 11.9 Å². The molecule has 0 aromatic heterocycles. The maximum atomic E-state index is 12.3. The molecule has 0 saturated carbocycles. The van der Waals surface area contributed by atoms with Crippen molar-refractivity contribution in [2.24, 2.45) is 4.99 Å². The Kier molecular flexibility index (Phi) is 5.55. The Morgan fingerprint density at radius 1 is 1.23 bits per heavy atom. The lowest BCUT2D eigenvalue weighted by Gasteiger charge is -2.36. The molecule has 7 nitrogen and oxygen atoms in total. The molecular weight excluding hydrogens is 404 g/mol. The predicted molar refractivity (Wildman–Crippen MR) is 114 cm³/mol. The third kappa shape index (κ3) is 4.21. The summed E-state index contributed by atoms with van der Waals surface area (Å²) in [5.41, 5.74) is 3.31. The minimum Gasteiger partial charge on any atom is -0.348 e. The zero-order valence-electron chi connectivity index (χ0n) is 16.4. The van der Waals surface area contributed by atoms with Gasteiger partial charge < -0.3 is 10.2 Å². The number of rotatable bonds is 4. The number of hydrogen-bond acceptors (Lipinski definition) is 5. The van der Waals surface area contributed by atoms with Crippen LogP contribution < -0.4 is 10.6 Å². The van der Waals surface area contributed by atoms with Crippen LogP contribution in [0.1, 0.15) is 41.3 Å². The maximum Gasteiger partial charge on any atom is 0.251 e. The van der Waals surface area contributed by atoms with E-state index in [9.17, 15) is 14.4 Å². The van der Waals surface area contributed by atoms with E-state index in [0.29, 0.717) is 36.5 Å². The second-order valence-electron chi connectivity index (χ2n) is 7.41. The lowest BCUT2D eigenvalue weighted by Crippen LogP contribution is -2.54. The van der Waals surface area contributed by atoms with E-state index in [1.807, 2.05) is 30.0 Å². The standard InChI is InChI=1S/C22H21ClN4O3/c1-13-25-18-7-2-14(11-24-21(29)15-3-5-17(23)6-4-15)10-16(18)12-27(13)19-8-9-20(28)26-22(19)30/h2-7,10,19H,8-9,11-12H2,1H3,(H,24,29)(H,26,28,30). The van der Waals surface area contributed by atoms with Crippen molar-refractivity contribution in [3.63, 3.8) is 0 Å². The highest BCUT2D eigenvalue weighted by molar-refractivity contribution is 6.30. The number of hydrogen-bond donors (Lipinski definition) is 2. The predicted octanol–water partition coefficient (Wildman–Crippen LogP) is 2.94. The van der Waals surface area contributed by atoms with Crippen LogP contribution in [0.5, 0.6) is 0 Å². The van der Waals surface area contributed by atoms with Gasteiger partial charge in [-0.25, -0.2) is 4.99 Å². The highest BCUT2D eigenvalue weighted by atomic mass is 35.5. The van der Waals surface area contributed by atoms with Gasteiger partial charge in [0.2, 0.25) is 11.8 Å². The van der Waals surface area contributed by atoms with Crippen molar-refractivity contribution >= 4 is 40.8 Å². The molecule has 3 amide bonds. The first kappa shape index (κ1) is 20.1. The summed E-state index contributed by atoms with van der Waals surface area (Å²) in [6.45, 7) is 2.76. The summed E-state index contributed by atoms with van der Waals surface area (Å²) in [6, 6.07) is 12.2. The van der Waals surface area contributed by atoms with Crippen molar-refractivity contribution in [1.82, 2.24) is 15.5 Å². The van der Waals surface area contributed by atoms with Gasteiger partial charge in [-0.05, 0) is 54.8 Å². The summed E-state index contributed by atoms with van der Waals surface area (Å²) in [5.74, 6) is 0.0572. The molecule has 0 radical (unpaired) electrons. The van der Waals surface area contributed by atoms with E-state index in [4.69, 9.17) is 11.6 Å². The van der Waals surface area contributed by atoms with Gasteiger partial charge in [0.25, 0.3) is 5.91 Å². The average Bonchev–Trinajstić information content (AvgIpc) is 2.72. The third-order valence-corrected chi connectivity index (χ3v) is 5.58. The van der Waals surface area contributed by atoms with Crippen molar-refractivity contribution in [1.29, 1.82) is 0 Å². The van der Waals surface area contributed by atoms with Crippen LogP contribution in [0.2, 0.25) is 5.02 Å². The minimum atomic E-state index is -0.409. The number of nitrogens with zero attached hydrogens (tertiary/aromatic N) is 2. The summed E-state index contributed by atoms with van der Waals surface area (Å²) in [5, 5.41) is 5.89. The fraction of sp³-hybridized carbons (Fsp3) is 0.273. The van der Waals surface area contributed by atoms with Crippen LogP contribution in [0.15, 0.2) is 47.5 Å². The molecular formula is C22H21ClN4O3. The Bertz CT molecular complexity index is 1050. The molecule has 2 aromatic carbocycles. The molecule has 1 fully saturated rings. The fourth-order valence-electron chi connectivity index (χ4n) is 3.72. The molecule has 8 heteroatoms. The Morgan fingerprint density at radius 2 is 2.00 bits per heavy atom. The molecule has 2 N–H and O–H groups in total. The molecule has 30 heavy (non-hydrogen) atoms. The van der Waals surface area contributed by atoms with E-state index in [1.165, 1.54) is 0 Å². The quantitative estimate of drug-likeness (QED) is 0.738. The van der Waals surface area contributed by atoms with Gasteiger partial charge in [0.15, 0.2) is 0 Å². The number of amidine groups is 1. The molecule has 1 saturated heterocycles. The lowest BCUT2D eigenvalue weighted by molar-refractivity contribution is -0.136. The van der Waals surface area contributed by atoms with E-state index in [-0.39, 0.29) is 17.7 Å². The summed E-state index contributed by atoms with van der Waals surface area (Å²) in [6.07, 6.45) is 0.799. The van der Waals surface area contributed by atoms with E-state index < -0.39 is 6.04 Å². The normalized spacial score (nSPS) is 18.4. The molecule has 0 spiro atoms. The van der Waals surface area contributed by atoms with Crippen molar-refractivity contribution in [2.45, 2.75) is 38.9 Å². The largest absolute Gasteiger partial charge is 0.348 e. The van der Waals surface area contributed by atoms with Crippen LogP contribution in [0, 0.1) is 0 Å². The zero-order chi connectivity index (χ0) is 21.3. The number of piperidine rings is 1. The number of carbonyl (C=O) groups is 3. The van der Waals surface area contributed by atoms with Crippen molar-refractivity contribution < 1.29 is 14.4 Å². The Hall–Kier alpha value is -3.19. The van der Waals surface area contributed by atoms with Crippen LogP contribution in [-0.2, 0) is 22.7 Å². The number of nitrogens with one attached hydrogen (secondary N) is 2. The van der Waals surface area contributed by atoms with Crippen LogP contribution in [0.3, 0.4) is 0 Å². The second kappa shape index (κ2) is 8.28. The molecule has 154 valence electrons. The van der Waals surface area contributed by atoms with Gasteiger partial charge in [-0.2, -0.15) is 0 Å². The topological polar surface area (TPSA) is 90.9 Å². The SMILES string of the molecule is CC1=Nc2ccc(CNC(=O)c3ccc(Cl)cc3)cc2CN1C1CCC(=O)NC1=O. The highest BCUT2D eigenvalue weighted by Crippen LogP contribution is 2.30. The van der Waals surface area contributed by atoms with Crippen LogP contribution >= 0.6 is 11.6 Å². The van der Waals surface area contributed by atoms with Gasteiger partial charge in [-0.1, -0.05) is 23.7 Å². The van der Waals surface area contributed by atoms with Crippen molar-refractivity contribution in [3.05, 3.63) is 64.2 Å². The Labute approximate surface area is 179 Å². The van der Waals surface area contributed by atoms with Gasteiger partial charge in [-0.15, -0.1) is 0 Å². The summed E-state index contributed by atoms with van der Waals surface area (Å²) in [4.78, 5) is 42.6. The second-order valence-corrected chi connectivity index (χ2v) is 7.84. The maximum absolute atomic E-state index is 12.3. The molecule has 4 rings (SSSR count). The first-order chi connectivity index (χ1) is 14.4. The van der Waals surface area contributed by atoms with Crippen LogP contribution in [0.4, 0.5) is 5.69 Å². The molecule has 2 heterocycles. The molecule has 2 aliphatic heterocycles. The molecule has 0 aliphatic carbocycles. The van der Waals surface area contributed by atoms with Gasteiger partial charge >= 0.3 is 0 Å². The number of imide groups is 1. The van der Waals surface area contributed by atoms with Crippen molar-refractivity contribution in [2.75, 3.05) is 0 Å². The van der Waals surface area contributed by atoms with Crippen molar-refractivity contribution in [3.8, 4) is 0 Å². The van der Waals surface area contributed by atoms with Gasteiger partial charge in [-0.3, -0.25) is 19.7 Å². The number of aliphatic imine (C=N–C) groups is 1. The summed E-state index contributed by atoms with van der Waals surface area (Å²) >= 11 is 5.86. The number of fused-ring (bicyclic) bond motifs is 1. The van der Waals surface area contributed by atoms with E-state index in [2.05, 4.69) is 15.6 Å². The molecule has 1 unspecified atom stereocenters. The first-order valence-corrected chi connectivity index (χ1v) is 10.1. The van der Waals surface area contributed by atoms with E-state index in [0.717, 1.165) is 22.6 Å². The number of halogens is 1. The number of amides is 3. The first-order valence-electron chi connectivity index (χ1n) is 9.72. The highest BCUT2D eigenvalue weighted by Gasteiger charge is 2.34. The number of carbonyl (C=O) groups excluding carboxylic acids is 3. The van der Waals surface area contributed by atoms with Gasteiger partial charge in [0.05, 0.1) is 5.69 Å². The van der Waals surface area contributed by atoms with Gasteiger partial charge in [0, 0.05) is 30.1 Å². The molecule has 2 aromatic rings. The third-order valence-electron chi connectivity index (χ3n) is 5.33. The lowest BCUT2D eigenvalue weighted by atomic mass is 10.0. The molecule has 1 atom stereocenters. The van der Waals surface area contributed by atoms with E-state index in [1.54, 1.807) is 24.3 Å². The Balaban J connectivity index is 1.46. The smallest absolute Gasteiger partial charge is 0.251 e. The monoisotopic (exact) mass is 424 g/mol. The summed E-state index contributed by atoms with van der Waals surface area (Å²) < 4.78 is 0. The zero-order valence-corrected chi connectivity index (χ0v) is 17.2. The van der Waals surface area contributed by atoms with Crippen LogP contribution in [-0.4, -0.2) is 34.5 Å². The fourth-order valence-corrected chi connectivity index (χ4v) is 3.85. The van der Waals surface area contributed by atoms with Crippen LogP contribution in [0.25, 0.3) is 0 Å². The minimum absolute atomic E-state index is 0.177. The molecule has 0 bridgehead atoms. The Morgan fingerprint density at radius 3 is 2.73 bits per heavy atom. The average molecular weight is 425 g/mol. The molecule has 2 aliphatic rings. The summed E-state index contributed by atoms with van der Waals surface area (Å²) in [7, 11) is 0.